The number of rotatable bonds is 6. The minimum atomic E-state index is -0.360. The summed E-state index contributed by atoms with van der Waals surface area (Å²) in [5.41, 5.74) is 1.92. The summed E-state index contributed by atoms with van der Waals surface area (Å²) in [5, 5.41) is 7.81. The Bertz CT molecular complexity index is 571. The van der Waals surface area contributed by atoms with Gasteiger partial charge in [-0.1, -0.05) is 6.07 Å². The van der Waals surface area contributed by atoms with E-state index in [1.807, 2.05) is 0 Å². The molecule has 1 aromatic rings. The number of hydrogen-bond acceptors (Lipinski definition) is 4. The summed E-state index contributed by atoms with van der Waals surface area (Å²) in [7, 11) is 1.54. The summed E-state index contributed by atoms with van der Waals surface area (Å²) in [6.45, 7) is 0.715. The Kier molecular flexibility index (Phi) is 4.89. The van der Waals surface area contributed by atoms with Crippen molar-refractivity contribution >= 4 is 23.4 Å². The first-order valence-corrected chi connectivity index (χ1v) is 6.57. The van der Waals surface area contributed by atoms with Crippen LogP contribution in [0.5, 0.6) is 0 Å². The average molecular weight is 291 g/mol. The summed E-state index contributed by atoms with van der Waals surface area (Å²) in [6.07, 6.45) is 0.332. The molecule has 0 bridgehead atoms. The highest BCUT2D eigenvalue weighted by Gasteiger charge is 2.19. The van der Waals surface area contributed by atoms with E-state index in [-0.39, 0.29) is 24.3 Å². The first-order chi connectivity index (χ1) is 10.1. The van der Waals surface area contributed by atoms with Crippen LogP contribution < -0.4 is 16.0 Å². The van der Waals surface area contributed by atoms with Gasteiger partial charge in [-0.05, 0) is 17.7 Å². The lowest BCUT2D eigenvalue weighted by Gasteiger charge is -2.07. The second-order valence-electron chi connectivity index (χ2n) is 4.62. The van der Waals surface area contributed by atoms with E-state index in [0.29, 0.717) is 30.8 Å². The van der Waals surface area contributed by atoms with Crippen molar-refractivity contribution < 1.29 is 19.1 Å². The molecular weight excluding hydrogens is 274 g/mol. The van der Waals surface area contributed by atoms with Gasteiger partial charge in [0.25, 0.3) is 5.91 Å². The van der Waals surface area contributed by atoms with E-state index in [4.69, 9.17) is 4.74 Å². The summed E-state index contributed by atoms with van der Waals surface area (Å²) < 4.78 is 4.80. The minimum Gasteiger partial charge on any atom is -0.383 e. The van der Waals surface area contributed by atoms with Crippen molar-refractivity contribution in [1.29, 1.82) is 0 Å². The number of anilines is 1. The minimum absolute atomic E-state index is 0.0833. The van der Waals surface area contributed by atoms with Crippen LogP contribution in [0.25, 0.3) is 0 Å². The SMILES string of the molecule is COCCNC(=O)CNC(=O)c1ccc2c(c1)NC(=O)C2. The van der Waals surface area contributed by atoms with E-state index in [0.717, 1.165) is 5.56 Å². The third kappa shape index (κ3) is 4.03. The van der Waals surface area contributed by atoms with Gasteiger partial charge in [0.2, 0.25) is 11.8 Å². The lowest BCUT2D eigenvalue weighted by Crippen LogP contribution is -2.38. The quantitative estimate of drug-likeness (QED) is 0.625. The predicted octanol–water partition coefficient (Wildman–Crippen LogP) is -0.326. The molecule has 1 aliphatic rings. The number of carbonyl (C=O) groups is 3. The number of ether oxygens (including phenoxy) is 1. The van der Waals surface area contributed by atoms with E-state index >= 15 is 0 Å². The fourth-order valence-electron chi connectivity index (χ4n) is 1.97. The molecule has 0 saturated carbocycles. The summed E-state index contributed by atoms with van der Waals surface area (Å²) in [4.78, 5) is 34.6. The van der Waals surface area contributed by atoms with Crippen molar-refractivity contribution in [3.05, 3.63) is 29.3 Å². The zero-order chi connectivity index (χ0) is 15.2. The molecule has 0 saturated heterocycles. The Balaban J connectivity index is 1.85. The second-order valence-corrected chi connectivity index (χ2v) is 4.62. The Morgan fingerprint density at radius 1 is 1.33 bits per heavy atom. The molecule has 7 heteroatoms. The van der Waals surface area contributed by atoms with Crippen LogP contribution in [-0.4, -0.2) is 44.5 Å². The molecule has 112 valence electrons. The van der Waals surface area contributed by atoms with Crippen LogP contribution in [0.2, 0.25) is 0 Å². The van der Waals surface area contributed by atoms with Gasteiger partial charge in [-0.15, -0.1) is 0 Å². The highest BCUT2D eigenvalue weighted by molar-refractivity contribution is 6.02. The fourth-order valence-corrected chi connectivity index (χ4v) is 1.97. The predicted molar refractivity (Wildman–Crippen MR) is 76.0 cm³/mol. The number of fused-ring (bicyclic) bond motifs is 1. The lowest BCUT2D eigenvalue weighted by atomic mass is 10.1. The molecule has 3 N–H and O–H groups in total. The van der Waals surface area contributed by atoms with Gasteiger partial charge in [0, 0.05) is 24.9 Å². The van der Waals surface area contributed by atoms with Gasteiger partial charge >= 0.3 is 0 Å². The van der Waals surface area contributed by atoms with Crippen molar-refractivity contribution in [3.8, 4) is 0 Å². The van der Waals surface area contributed by atoms with Crippen molar-refractivity contribution in [1.82, 2.24) is 10.6 Å². The van der Waals surface area contributed by atoms with Crippen LogP contribution in [0.15, 0.2) is 18.2 Å². The molecule has 0 atom stereocenters. The van der Waals surface area contributed by atoms with Crippen molar-refractivity contribution in [2.45, 2.75) is 6.42 Å². The monoisotopic (exact) mass is 291 g/mol. The molecule has 0 unspecified atom stereocenters. The largest absolute Gasteiger partial charge is 0.383 e. The molecular formula is C14H17N3O4. The number of hydrogen-bond donors (Lipinski definition) is 3. The van der Waals surface area contributed by atoms with Gasteiger partial charge in [0.15, 0.2) is 0 Å². The molecule has 0 aliphatic carbocycles. The maximum atomic E-state index is 11.9. The highest BCUT2D eigenvalue weighted by atomic mass is 16.5. The van der Waals surface area contributed by atoms with Gasteiger partial charge in [0.1, 0.15) is 0 Å². The third-order valence-electron chi connectivity index (χ3n) is 3.04. The topological polar surface area (TPSA) is 96.5 Å². The normalized spacial score (nSPS) is 12.5. The zero-order valence-electron chi connectivity index (χ0n) is 11.7. The first-order valence-electron chi connectivity index (χ1n) is 6.57. The number of methoxy groups -OCH3 is 1. The van der Waals surface area contributed by atoms with E-state index in [2.05, 4.69) is 16.0 Å². The van der Waals surface area contributed by atoms with E-state index in [9.17, 15) is 14.4 Å². The molecule has 21 heavy (non-hydrogen) atoms. The standard InChI is InChI=1S/C14H17N3O4/c1-21-5-4-15-13(19)8-16-14(20)10-3-2-9-7-12(18)17-11(9)6-10/h2-3,6H,4-5,7-8H2,1H3,(H,15,19)(H,16,20)(H,17,18). The summed E-state index contributed by atoms with van der Waals surface area (Å²) in [5.74, 6) is -0.726. The molecule has 0 fully saturated rings. The molecule has 0 aromatic heterocycles. The van der Waals surface area contributed by atoms with Crippen LogP contribution in [0.1, 0.15) is 15.9 Å². The molecule has 0 spiro atoms. The summed E-state index contributed by atoms with van der Waals surface area (Å²) >= 11 is 0. The fraction of sp³-hybridized carbons (Fsp3) is 0.357. The Morgan fingerprint density at radius 2 is 2.14 bits per heavy atom. The van der Waals surface area contributed by atoms with Crippen LogP contribution >= 0.6 is 0 Å². The molecule has 1 heterocycles. The number of carbonyl (C=O) groups excluding carboxylic acids is 3. The second kappa shape index (κ2) is 6.85. The van der Waals surface area contributed by atoms with Gasteiger partial charge in [-0.25, -0.2) is 0 Å². The summed E-state index contributed by atoms with van der Waals surface area (Å²) in [6, 6.07) is 4.98. The van der Waals surface area contributed by atoms with Gasteiger partial charge in [-0.2, -0.15) is 0 Å². The Labute approximate surface area is 122 Å². The van der Waals surface area contributed by atoms with Crippen LogP contribution in [0.4, 0.5) is 5.69 Å². The maximum Gasteiger partial charge on any atom is 0.251 e. The molecule has 7 nitrogen and oxygen atoms in total. The Morgan fingerprint density at radius 3 is 2.90 bits per heavy atom. The molecule has 2 rings (SSSR count). The van der Waals surface area contributed by atoms with Gasteiger partial charge in [0.05, 0.1) is 19.6 Å². The molecule has 0 radical (unpaired) electrons. The van der Waals surface area contributed by atoms with E-state index in [1.54, 1.807) is 25.3 Å². The van der Waals surface area contributed by atoms with Crippen molar-refractivity contribution in [2.24, 2.45) is 0 Å². The van der Waals surface area contributed by atoms with Crippen LogP contribution in [-0.2, 0) is 20.7 Å². The maximum absolute atomic E-state index is 11.9. The Hall–Kier alpha value is -2.41. The number of nitrogens with one attached hydrogen (secondary N) is 3. The molecule has 1 aromatic carbocycles. The third-order valence-corrected chi connectivity index (χ3v) is 3.04. The van der Waals surface area contributed by atoms with Crippen LogP contribution in [0, 0.1) is 0 Å². The molecule has 1 aliphatic heterocycles. The number of benzene rings is 1. The zero-order valence-corrected chi connectivity index (χ0v) is 11.7. The molecule has 3 amide bonds. The average Bonchev–Trinajstić information content (AvgIpc) is 2.84. The highest BCUT2D eigenvalue weighted by Crippen LogP contribution is 2.23. The van der Waals surface area contributed by atoms with Gasteiger partial charge in [-0.3, -0.25) is 14.4 Å². The van der Waals surface area contributed by atoms with E-state index < -0.39 is 0 Å². The number of amides is 3. The van der Waals surface area contributed by atoms with Crippen molar-refractivity contribution in [3.63, 3.8) is 0 Å². The smallest absolute Gasteiger partial charge is 0.251 e. The lowest BCUT2D eigenvalue weighted by molar-refractivity contribution is -0.120. The van der Waals surface area contributed by atoms with Crippen molar-refractivity contribution in [2.75, 3.05) is 32.1 Å². The van der Waals surface area contributed by atoms with Gasteiger partial charge < -0.3 is 20.7 Å². The first kappa shape index (κ1) is 15.0. The van der Waals surface area contributed by atoms with Crippen LogP contribution in [0.3, 0.4) is 0 Å². The van der Waals surface area contributed by atoms with E-state index in [1.165, 1.54) is 0 Å².